The summed E-state index contributed by atoms with van der Waals surface area (Å²) in [7, 11) is 0. The zero-order valence-electron chi connectivity index (χ0n) is 6.53. The predicted molar refractivity (Wildman–Crippen MR) is 53.5 cm³/mol. The van der Waals surface area contributed by atoms with Crippen LogP contribution in [-0.2, 0) is 0 Å². The van der Waals surface area contributed by atoms with Gasteiger partial charge in [-0.25, -0.2) is 0 Å². The first-order chi connectivity index (χ1) is 4.41. The summed E-state index contributed by atoms with van der Waals surface area (Å²) in [5, 5.41) is 0. The third-order valence-electron chi connectivity index (χ3n) is 1.51. The Labute approximate surface area is 75.8 Å². The highest BCUT2D eigenvalue weighted by molar-refractivity contribution is 5.75. The number of allylic oxidation sites excluding steroid dienone is 1. The lowest BCUT2D eigenvalue weighted by Crippen LogP contribution is -1.74. The average Bonchev–Trinajstić information content (AvgIpc) is 1.89. The van der Waals surface area contributed by atoms with Gasteiger partial charge in [-0.1, -0.05) is 38.7 Å². The van der Waals surface area contributed by atoms with Crippen molar-refractivity contribution in [1.29, 1.82) is 0 Å². The molecule has 60 valence electrons. The Morgan fingerprint density at radius 3 is 2.20 bits per heavy atom. The fourth-order valence-corrected chi connectivity index (χ4v) is 0.892. The molecule has 0 N–H and O–H groups in total. The van der Waals surface area contributed by atoms with Crippen LogP contribution in [0.3, 0.4) is 0 Å². The number of rotatable bonds is 6. The predicted octanol–water partition coefficient (Wildman–Crippen LogP) is 2.35. The van der Waals surface area contributed by atoms with Crippen molar-refractivity contribution in [2.75, 3.05) is 0 Å². The van der Waals surface area contributed by atoms with Gasteiger partial charge in [0.2, 0.25) is 0 Å². The molecule has 0 fully saturated rings. The van der Waals surface area contributed by atoms with Gasteiger partial charge in [0.1, 0.15) is 0 Å². The molecule has 0 heterocycles. The molecule has 0 aromatic carbocycles. The minimum Gasteiger partial charge on any atom is -0.103 e. The molecular weight excluding hydrogens is 135 g/mol. The van der Waals surface area contributed by atoms with Gasteiger partial charge in [0.05, 0.1) is 0 Å². The van der Waals surface area contributed by atoms with E-state index in [2.05, 4.69) is 13.5 Å². The van der Waals surface area contributed by atoms with Crippen molar-refractivity contribution < 1.29 is 0 Å². The third kappa shape index (κ3) is 11.1. The van der Waals surface area contributed by atoms with Crippen molar-refractivity contribution in [3.05, 3.63) is 12.7 Å². The van der Waals surface area contributed by atoms with E-state index >= 15 is 0 Å². The average molecular weight is 156 g/mol. The fraction of sp³-hybridized carbons (Fsp3) is 0.778. The van der Waals surface area contributed by atoms with Crippen LogP contribution in [0.4, 0.5) is 0 Å². The van der Waals surface area contributed by atoms with Crippen molar-refractivity contribution in [3.8, 4) is 0 Å². The standard InChI is InChI=1S/C9H18.Al.3H/c1-3-5-7-9-8-6-4-2;;;;/h3H,1,4-9H2,2H3;;;;. The summed E-state index contributed by atoms with van der Waals surface area (Å²) in [5.41, 5.74) is 0. The molecule has 0 bridgehead atoms. The largest absolute Gasteiger partial charge is 0.187 e. The van der Waals surface area contributed by atoms with E-state index in [1.807, 2.05) is 6.08 Å². The Bertz CT molecular complexity index is 59.7. The van der Waals surface area contributed by atoms with Crippen molar-refractivity contribution in [2.45, 2.75) is 45.4 Å². The molecule has 0 radical (unpaired) electrons. The van der Waals surface area contributed by atoms with Gasteiger partial charge >= 0.3 is 0 Å². The summed E-state index contributed by atoms with van der Waals surface area (Å²) in [6, 6.07) is 0. The Balaban J connectivity index is 0. The lowest BCUT2D eigenvalue weighted by atomic mass is 10.1. The van der Waals surface area contributed by atoms with Crippen LogP contribution in [0.25, 0.3) is 0 Å². The molecule has 10 heavy (non-hydrogen) atoms. The molecule has 0 rings (SSSR count). The van der Waals surface area contributed by atoms with Crippen molar-refractivity contribution >= 4 is 17.4 Å². The van der Waals surface area contributed by atoms with Crippen molar-refractivity contribution in [2.24, 2.45) is 0 Å². The fourth-order valence-electron chi connectivity index (χ4n) is 0.892. The molecule has 0 amide bonds. The summed E-state index contributed by atoms with van der Waals surface area (Å²) < 4.78 is 0. The molecule has 0 spiro atoms. The van der Waals surface area contributed by atoms with E-state index in [0.29, 0.717) is 0 Å². The van der Waals surface area contributed by atoms with Crippen LogP contribution in [-0.4, -0.2) is 17.4 Å². The monoisotopic (exact) mass is 156 g/mol. The molecule has 0 aliphatic heterocycles. The van der Waals surface area contributed by atoms with E-state index in [1.54, 1.807) is 0 Å². The molecule has 0 aliphatic rings. The Hall–Kier alpha value is 0.272. The molecule has 0 nitrogen and oxygen atoms in total. The van der Waals surface area contributed by atoms with E-state index in [9.17, 15) is 0 Å². The van der Waals surface area contributed by atoms with Gasteiger partial charge in [-0.05, 0) is 12.8 Å². The van der Waals surface area contributed by atoms with Gasteiger partial charge in [-0.3, -0.25) is 0 Å². The number of hydrogen-bond donors (Lipinski definition) is 0. The van der Waals surface area contributed by atoms with Gasteiger partial charge in [-0.15, -0.1) is 6.58 Å². The first-order valence-electron chi connectivity index (χ1n) is 4.02. The lowest BCUT2D eigenvalue weighted by molar-refractivity contribution is 0.638. The van der Waals surface area contributed by atoms with E-state index in [-0.39, 0.29) is 17.4 Å². The molecule has 0 aliphatic carbocycles. The number of unbranched alkanes of at least 4 members (excludes halogenated alkanes) is 5. The van der Waals surface area contributed by atoms with E-state index in [0.717, 1.165) is 0 Å². The molecular formula is C9H21Al. The van der Waals surface area contributed by atoms with E-state index < -0.39 is 0 Å². The topological polar surface area (TPSA) is 0 Å². The Morgan fingerprint density at radius 2 is 1.70 bits per heavy atom. The van der Waals surface area contributed by atoms with Crippen molar-refractivity contribution in [3.63, 3.8) is 0 Å². The molecule has 0 atom stereocenters. The minimum atomic E-state index is 0. The lowest BCUT2D eigenvalue weighted by Gasteiger charge is -1.94. The van der Waals surface area contributed by atoms with Crippen LogP contribution < -0.4 is 0 Å². The first-order valence-corrected chi connectivity index (χ1v) is 4.02. The van der Waals surface area contributed by atoms with Crippen LogP contribution in [0.15, 0.2) is 12.7 Å². The van der Waals surface area contributed by atoms with Crippen LogP contribution in [0.5, 0.6) is 0 Å². The summed E-state index contributed by atoms with van der Waals surface area (Å²) in [5.74, 6) is 0. The van der Waals surface area contributed by atoms with Crippen LogP contribution in [0.1, 0.15) is 45.4 Å². The SMILES string of the molecule is C=CCCCCCCC.[AlH3]. The normalized spacial score (nSPS) is 8.50. The van der Waals surface area contributed by atoms with Gasteiger partial charge in [0.25, 0.3) is 0 Å². The van der Waals surface area contributed by atoms with Crippen molar-refractivity contribution in [1.82, 2.24) is 0 Å². The highest BCUT2D eigenvalue weighted by atomic mass is 27.0. The first kappa shape index (κ1) is 12.9. The maximum atomic E-state index is 3.68. The summed E-state index contributed by atoms with van der Waals surface area (Å²) in [6.45, 7) is 5.92. The Kier molecular flexibility index (Phi) is 15.5. The summed E-state index contributed by atoms with van der Waals surface area (Å²) in [4.78, 5) is 0. The second kappa shape index (κ2) is 12.0. The smallest absolute Gasteiger partial charge is 0.103 e. The molecule has 0 saturated heterocycles. The minimum absolute atomic E-state index is 0. The number of hydrogen-bond acceptors (Lipinski definition) is 0. The summed E-state index contributed by atoms with van der Waals surface area (Å²) in [6.07, 6.45) is 10.1. The highest BCUT2D eigenvalue weighted by Crippen LogP contribution is 2.04. The molecule has 0 saturated carbocycles. The second-order valence-electron chi connectivity index (χ2n) is 2.49. The van der Waals surface area contributed by atoms with Gasteiger partial charge in [-0.2, -0.15) is 0 Å². The molecule has 1 heteroatoms. The van der Waals surface area contributed by atoms with Crippen LogP contribution >= 0.6 is 0 Å². The molecule has 0 unspecified atom stereocenters. The zero-order valence-corrected chi connectivity index (χ0v) is 6.53. The Morgan fingerprint density at radius 1 is 1.10 bits per heavy atom. The van der Waals surface area contributed by atoms with Gasteiger partial charge in [0.15, 0.2) is 17.4 Å². The van der Waals surface area contributed by atoms with E-state index in [1.165, 1.54) is 38.5 Å². The third-order valence-corrected chi connectivity index (χ3v) is 1.51. The van der Waals surface area contributed by atoms with Gasteiger partial charge in [0, 0.05) is 0 Å². The molecule has 0 aromatic heterocycles. The quantitative estimate of drug-likeness (QED) is 0.314. The highest BCUT2D eigenvalue weighted by Gasteiger charge is 1.84. The maximum absolute atomic E-state index is 3.68. The maximum Gasteiger partial charge on any atom is 0.187 e. The van der Waals surface area contributed by atoms with Gasteiger partial charge < -0.3 is 0 Å². The second-order valence-corrected chi connectivity index (χ2v) is 2.49. The molecule has 0 aromatic rings. The van der Waals surface area contributed by atoms with Crippen LogP contribution in [0.2, 0.25) is 0 Å². The van der Waals surface area contributed by atoms with E-state index in [4.69, 9.17) is 0 Å². The zero-order chi connectivity index (χ0) is 6.95. The summed E-state index contributed by atoms with van der Waals surface area (Å²) >= 11 is 0. The van der Waals surface area contributed by atoms with Crippen LogP contribution in [0, 0.1) is 0 Å².